The number of esters is 1. The second-order valence-corrected chi connectivity index (χ2v) is 6.56. The Morgan fingerprint density at radius 1 is 1.20 bits per heavy atom. The van der Waals surface area contributed by atoms with Crippen LogP contribution >= 0.6 is 0 Å². The Labute approximate surface area is 171 Å². The van der Waals surface area contributed by atoms with Gasteiger partial charge in [0.1, 0.15) is 5.82 Å². The van der Waals surface area contributed by atoms with Crippen LogP contribution in [0, 0.1) is 5.82 Å². The van der Waals surface area contributed by atoms with Crippen molar-refractivity contribution < 1.29 is 37.8 Å². The van der Waals surface area contributed by atoms with Crippen LogP contribution < -0.4 is 0 Å². The number of aliphatic hydroxyl groups is 1. The third-order valence-corrected chi connectivity index (χ3v) is 4.51. The molecular formula is C21H20FNO7. The second-order valence-electron chi connectivity index (χ2n) is 6.56. The Kier molecular flexibility index (Phi) is 6.63. The van der Waals surface area contributed by atoms with Gasteiger partial charge in [-0.3, -0.25) is 9.59 Å². The molecule has 9 heteroatoms. The Hall–Kier alpha value is -3.46. The zero-order valence-corrected chi connectivity index (χ0v) is 16.2. The van der Waals surface area contributed by atoms with E-state index < -0.39 is 29.2 Å². The van der Waals surface area contributed by atoms with E-state index >= 15 is 0 Å². The number of nitrogens with zero attached hydrogens (tertiary/aromatic N) is 1. The van der Waals surface area contributed by atoms with Gasteiger partial charge >= 0.3 is 5.97 Å². The van der Waals surface area contributed by atoms with Crippen molar-refractivity contribution in [3.63, 3.8) is 0 Å². The van der Waals surface area contributed by atoms with Gasteiger partial charge in [-0.2, -0.15) is 0 Å². The third kappa shape index (κ3) is 4.93. The van der Waals surface area contributed by atoms with Crippen LogP contribution in [0.1, 0.15) is 27.4 Å². The van der Waals surface area contributed by atoms with Crippen molar-refractivity contribution in [1.29, 1.82) is 0 Å². The average molecular weight is 417 g/mol. The number of rotatable bonds is 6. The number of hydrogen-bond acceptors (Lipinski definition) is 7. The van der Waals surface area contributed by atoms with Crippen molar-refractivity contribution in [3.05, 3.63) is 64.9 Å². The lowest BCUT2D eigenvalue weighted by molar-refractivity contribution is -0.149. The largest absolute Gasteiger partial charge is 0.504 e. The Morgan fingerprint density at radius 3 is 2.50 bits per heavy atom. The predicted molar refractivity (Wildman–Crippen MR) is 102 cm³/mol. The van der Waals surface area contributed by atoms with Crippen LogP contribution in [0.15, 0.2) is 40.8 Å². The molecule has 0 aliphatic carbocycles. The van der Waals surface area contributed by atoms with E-state index in [1.54, 1.807) is 17.0 Å². The fraction of sp³-hybridized carbons (Fsp3) is 0.286. The van der Waals surface area contributed by atoms with Gasteiger partial charge in [-0.25, -0.2) is 9.18 Å². The smallest absolute Gasteiger partial charge is 0.378 e. The number of morpholine rings is 1. The highest BCUT2D eigenvalue weighted by Crippen LogP contribution is 2.26. The first-order valence-electron chi connectivity index (χ1n) is 9.16. The van der Waals surface area contributed by atoms with E-state index in [-0.39, 0.29) is 17.9 Å². The highest BCUT2D eigenvalue weighted by atomic mass is 19.1. The molecule has 0 unspecified atom stereocenters. The molecule has 8 nitrogen and oxygen atoms in total. The van der Waals surface area contributed by atoms with Gasteiger partial charge in [0.05, 0.1) is 20.3 Å². The van der Waals surface area contributed by atoms with Crippen LogP contribution in [0.2, 0.25) is 0 Å². The fourth-order valence-electron chi connectivity index (χ4n) is 2.98. The maximum Gasteiger partial charge on any atom is 0.378 e. The summed E-state index contributed by atoms with van der Waals surface area (Å²) in [6, 6.07) is 7.13. The summed E-state index contributed by atoms with van der Waals surface area (Å²) in [7, 11) is 1.04. The van der Waals surface area contributed by atoms with E-state index in [0.29, 0.717) is 43.5 Å². The van der Waals surface area contributed by atoms with Crippen LogP contribution in [-0.2, 0) is 25.5 Å². The van der Waals surface area contributed by atoms with Crippen LogP contribution in [0.5, 0.6) is 0 Å². The summed E-state index contributed by atoms with van der Waals surface area (Å²) in [5.41, 5.74) is 1.08. The molecule has 0 bridgehead atoms. The SMILES string of the molecule is COC(=O)C(=O)C=C(O)c1oc(C(=O)N2CCOCC2)cc1Cc1ccc(F)cc1. The molecule has 0 spiro atoms. The van der Waals surface area contributed by atoms with Gasteiger partial charge in [0.2, 0.25) is 0 Å². The lowest BCUT2D eigenvalue weighted by Gasteiger charge is -2.25. The zero-order chi connectivity index (χ0) is 21.7. The van der Waals surface area contributed by atoms with E-state index in [1.807, 2.05) is 0 Å². The van der Waals surface area contributed by atoms with Crippen molar-refractivity contribution in [2.45, 2.75) is 6.42 Å². The van der Waals surface area contributed by atoms with Gasteiger partial charge in [0.15, 0.2) is 17.3 Å². The third-order valence-electron chi connectivity index (χ3n) is 4.51. The predicted octanol–water partition coefficient (Wildman–Crippen LogP) is 2.12. The van der Waals surface area contributed by atoms with Crippen LogP contribution in [0.4, 0.5) is 4.39 Å². The van der Waals surface area contributed by atoms with Crippen molar-refractivity contribution in [1.82, 2.24) is 4.90 Å². The van der Waals surface area contributed by atoms with E-state index in [4.69, 9.17) is 9.15 Å². The normalized spacial score (nSPS) is 14.5. The number of carbonyl (C=O) groups excluding carboxylic acids is 3. The van der Waals surface area contributed by atoms with Crippen LogP contribution in [0.3, 0.4) is 0 Å². The molecule has 1 aliphatic heterocycles. The molecule has 2 aromatic rings. The van der Waals surface area contributed by atoms with E-state index in [9.17, 15) is 23.9 Å². The summed E-state index contributed by atoms with van der Waals surface area (Å²) < 4.78 is 28.3. The number of halogens is 1. The van der Waals surface area contributed by atoms with Gasteiger partial charge in [0.25, 0.3) is 11.7 Å². The number of methoxy groups -OCH3 is 1. The molecule has 1 amide bonds. The highest BCUT2D eigenvalue weighted by Gasteiger charge is 2.26. The molecule has 3 rings (SSSR count). The maximum absolute atomic E-state index is 13.2. The molecule has 0 atom stereocenters. The quantitative estimate of drug-likeness (QED) is 0.332. The lowest BCUT2D eigenvalue weighted by atomic mass is 10.0. The minimum Gasteiger partial charge on any atom is -0.504 e. The minimum absolute atomic E-state index is 0.0329. The molecule has 1 aliphatic rings. The van der Waals surface area contributed by atoms with Gasteiger partial charge in [-0.1, -0.05) is 12.1 Å². The van der Waals surface area contributed by atoms with E-state index in [2.05, 4.69) is 4.74 Å². The number of ether oxygens (including phenoxy) is 2. The molecular weight excluding hydrogens is 397 g/mol. The number of hydrogen-bond donors (Lipinski definition) is 1. The van der Waals surface area contributed by atoms with E-state index in [0.717, 1.165) is 7.11 Å². The van der Waals surface area contributed by atoms with Gasteiger partial charge in [-0.15, -0.1) is 0 Å². The monoisotopic (exact) mass is 417 g/mol. The summed E-state index contributed by atoms with van der Waals surface area (Å²) in [6.07, 6.45) is 0.863. The molecule has 1 saturated heterocycles. The molecule has 0 saturated carbocycles. The van der Waals surface area contributed by atoms with Crippen molar-refractivity contribution in [2.24, 2.45) is 0 Å². The number of amides is 1. The number of aliphatic hydroxyl groups excluding tert-OH is 1. The number of carbonyl (C=O) groups is 3. The first kappa shape index (κ1) is 21.3. The average Bonchev–Trinajstić information content (AvgIpc) is 3.18. The van der Waals surface area contributed by atoms with Gasteiger partial charge in [0, 0.05) is 31.1 Å². The lowest BCUT2D eigenvalue weighted by Crippen LogP contribution is -2.40. The summed E-state index contributed by atoms with van der Waals surface area (Å²) in [6.45, 7) is 1.59. The summed E-state index contributed by atoms with van der Waals surface area (Å²) >= 11 is 0. The first-order valence-corrected chi connectivity index (χ1v) is 9.16. The number of benzene rings is 1. The standard InChI is InChI=1S/C21H20FNO7/c1-28-21(27)17(25)12-16(24)19-14(10-13-2-4-15(22)5-3-13)11-18(30-19)20(26)23-6-8-29-9-7-23/h2-5,11-12,24H,6-10H2,1H3. The summed E-state index contributed by atoms with van der Waals surface area (Å²) in [4.78, 5) is 37.4. The minimum atomic E-state index is -1.15. The van der Waals surface area contributed by atoms with Crippen LogP contribution in [-0.4, -0.2) is 61.1 Å². The molecule has 30 heavy (non-hydrogen) atoms. The summed E-state index contributed by atoms with van der Waals surface area (Å²) in [5, 5.41) is 10.4. The molecule has 0 radical (unpaired) electrons. The Morgan fingerprint density at radius 2 is 1.87 bits per heavy atom. The van der Waals surface area contributed by atoms with Crippen molar-refractivity contribution >= 4 is 23.4 Å². The number of ketones is 1. The Bertz CT molecular complexity index is 972. The maximum atomic E-state index is 13.2. The zero-order valence-electron chi connectivity index (χ0n) is 16.2. The highest BCUT2D eigenvalue weighted by molar-refractivity contribution is 6.39. The van der Waals surface area contributed by atoms with Crippen molar-refractivity contribution in [3.8, 4) is 0 Å². The van der Waals surface area contributed by atoms with Crippen LogP contribution in [0.25, 0.3) is 5.76 Å². The molecule has 1 aromatic carbocycles. The molecule has 1 aromatic heterocycles. The Balaban J connectivity index is 1.95. The second kappa shape index (κ2) is 9.36. The topological polar surface area (TPSA) is 106 Å². The fourth-order valence-corrected chi connectivity index (χ4v) is 2.98. The van der Waals surface area contributed by atoms with E-state index in [1.165, 1.54) is 18.2 Å². The molecule has 1 N–H and O–H groups in total. The molecule has 1 fully saturated rings. The van der Waals surface area contributed by atoms with Gasteiger partial charge < -0.3 is 23.9 Å². The van der Waals surface area contributed by atoms with Crippen molar-refractivity contribution in [2.75, 3.05) is 33.4 Å². The molecule has 2 heterocycles. The number of furan rings is 1. The van der Waals surface area contributed by atoms with Gasteiger partial charge in [-0.05, 0) is 23.8 Å². The molecule has 158 valence electrons. The summed E-state index contributed by atoms with van der Waals surface area (Å²) in [5.74, 6) is -3.82. The first-order chi connectivity index (χ1) is 14.4.